The van der Waals surface area contributed by atoms with E-state index < -0.39 is 0 Å². The maximum atomic E-state index is 9.82. The fraction of sp³-hybridized carbons (Fsp3) is 0.571. The van der Waals surface area contributed by atoms with Crippen LogP contribution >= 0.6 is 0 Å². The van der Waals surface area contributed by atoms with E-state index in [2.05, 4.69) is 43.4 Å². The Morgan fingerprint density at radius 3 is 2.62 bits per heavy atom. The predicted octanol–water partition coefficient (Wildman–Crippen LogP) is 3.14. The molecule has 16 heavy (non-hydrogen) atoms. The summed E-state index contributed by atoms with van der Waals surface area (Å²) in [5.74, 6) is 0.516. The molecule has 0 bridgehead atoms. The molecule has 1 fully saturated rings. The minimum absolute atomic E-state index is 0.180. The smallest absolute Gasteiger partial charge is 0.0741 e. The van der Waals surface area contributed by atoms with Crippen molar-refractivity contribution in [3.05, 3.63) is 29.8 Å². The lowest BCUT2D eigenvalue weighted by atomic mass is 10.0. The average molecular weight is 219 g/mol. The van der Waals surface area contributed by atoms with Crippen molar-refractivity contribution in [1.82, 2.24) is 0 Å². The normalized spacial score (nSPS) is 25.0. The first-order valence-electron chi connectivity index (χ1n) is 6.22. The number of hydrogen-bond acceptors (Lipinski definition) is 2. The second kappa shape index (κ2) is 4.88. The van der Waals surface area contributed by atoms with Gasteiger partial charge in [0.25, 0.3) is 0 Å². The fourth-order valence-corrected chi connectivity index (χ4v) is 2.44. The van der Waals surface area contributed by atoms with Gasteiger partial charge in [-0.25, -0.2) is 0 Å². The van der Waals surface area contributed by atoms with Crippen LogP contribution in [0.5, 0.6) is 0 Å². The number of rotatable bonds is 3. The first-order chi connectivity index (χ1) is 7.68. The van der Waals surface area contributed by atoms with E-state index in [-0.39, 0.29) is 12.1 Å². The number of para-hydroxylation sites is 1. The van der Waals surface area contributed by atoms with Crippen LogP contribution in [0.4, 0.5) is 5.69 Å². The highest BCUT2D eigenvalue weighted by Crippen LogP contribution is 2.28. The Bertz CT molecular complexity index is 348. The molecule has 0 aromatic heterocycles. The van der Waals surface area contributed by atoms with Gasteiger partial charge in [-0.3, -0.25) is 0 Å². The molecule has 1 saturated carbocycles. The van der Waals surface area contributed by atoms with Crippen molar-refractivity contribution >= 4 is 5.69 Å². The Hall–Kier alpha value is -1.02. The SMILES string of the molecule is CC(C)c1ccccc1N[C@@H]1CCC[C@H]1O. The Balaban J connectivity index is 2.14. The minimum Gasteiger partial charge on any atom is -0.391 e. The van der Waals surface area contributed by atoms with Gasteiger partial charge in [-0.2, -0.15) is 0 Å². The van der Waals surface area contributed by atoms with Crippen LogP contribution < -0.4 is 5.32 Å². The van der Waals surface area contributed by atoms with Gasteiger partial charge >= 0.3 is 0 Å². The zero-order chi connectivity index (χ0) is 11.5. The summed E-state index contributed by atoms with van der Waals surface area (Å²) >= 11 is 0. The van der Waals surface area contributed by atoms with Crippen molar-refractivity contribution in [2.24, 2.45) is 0 Å². The van der Waals surface area contributed by atoms with Crippen LogP contribution in [0, 0.1) is 0 Å². The zero-order valence-corrected chi connectivity index (χ0v) is 10.1. The average Bonchev–Trinajstić information content (AvgIpc) is 2.65. The van der Waals surface area contributed by atoms with Crippen molar-refractivity contribution in [1.29, 1.82) is 0 Å². The molecule has 0 spiro atoms. The van der Waals surface area contributed by atoms with E-state index in [0.29, 0.717) is 5.92 Å². The molecule has 88 valence electrons. The van der Waals surface area contributed by atoms with E-state index >= 15 is 0 Å². The number of aliphatic hydroxyl groups is 1. The van der Waals surface area contributed by atoms with Crippen LogP contribution in [0.15, 0.2) is 24.3 Å². The van der Waals surface area contributed by atoms with Gasteiger partial charge in [-0.1, -0.05) is 32.0 Å². The first-order valence-corrected chi connectivity index (χ1v) is 6.22. The Kier molecular flexibility index (Phi) is 3.49. The lowest BCUT2D eigenvalue weighted by molar-refractivity contribution is 0.172. The molecular weight excluding hydrogens is 198 g/mol. The van der Waals surface area contributed by atoms with Crippen LogP contribution in [-0.4, -0.2) is 17.3 Å². The molecule has 0 unspecified atom stereocenters. The van der Waals surface area contributed by atoms with Crippen molar-refractivity contribution in [3.63, 3.8) is 0 Å². The summed E-state index contributed by atoms with van der Waals surface area (Å²) in [6, 6.07) is 8.63. The van der Waals surface area contributed by atoms with E-state index in [4.69, 9.17) is 0 Å². The zero-order valence-electron chi connectivity index (χ0n) is 10.1. The molecule has 1 aliphatic carbocycles. The summed E-state index contributed by atoms with van der Waals surface area (Å²) in [5.41, 5.74) is 2.52. The Morgan fingerprint density at radius 1 is 1.25 bits per heavy atom. The Labute approximate surface area is 97.7 Å². The highest BCUT2D eigenvalue weighted by atomic mass is 16.3. The van der Waals surface area contributed by atoms with Gasteiger partial charge in [-0.05, 0) is 36.8 Å². The highest BCUT2D eigenvalue weighted by Gasteiger charge is 2.25. The highest BCUT2D eigenvalue weighted by molar-refractivity contribution is 5.53. The molecule has 0 radical (unpaired) electrons. The minimum atomic E-state index is -0.180. The molecule has 0 heterocycles. The summed E-state index contributed by atoms with van der Waals surface area (Å²) < 4.78 is 0. The maximum Gasteiger partial charge on any atom is 0.0741 e. The first kappa shape index (κ1) is 11.5. The van der Waals surface area contributed by atoms with Crippen LogP contribution in [0.1, 0.15) is 44.6 Å². The molecular formula is C14H21NO. The van der Waals surface area contributed by atoms with E-state index in [9.17, 15) is 5.11 Å². The van der Waals surface area contributed by atoms with Gasteiger partial charge < -0.3 is 10.4 Å². The van der Waals surface area contributed by atoms with E-state index in [1.165, 1.54) is 11.3 Å². The standard InChI is InChI=1S/C14H21NO/c1-10(2)11-6-3-4-7-12(11)15-13-8-5-9-14(13)16/h3-4,6-7,10,13-16H,5,8-9H2,1-2H3/t13-,14-/m1/s1. The Morgan fingerprint density at radius 2 is 2.00 bits per heavy atom. The van der Waals surface area contributed by atoms with E-state index in [0.717, 1.165) is 19.3 Å². The summed E-state index contributed by atoms with van der Waals surface area (Å²) in [6.07, 6.45) is 2.96. The topological polar surface area (TPSA) is 32.3 Å². The molecule has 0 saturated heterocycles. The summed E-state index contributed by atoms with van der Waals surface area (Å²) in [4.78, 5) is 0. The van der Waals surface area contributed by atoms with Crippen molar-refractivity contribution in [2.45, 2.75) is 51.2 Å². The fourth-order valence-electron chi connectivity index (χ4n) is 2.44. The van der Waals surface area contributed by atoms with Gasteiger partial charge in [0.15, 0.2) is 0 Å². The van der Waals surface area contributed by atoms with Crippen LogP contribution in [0.3, 0.4) is 0 Å². The van der Waals surface area contributed by atoms with Crippen LogP contribution in [0.25, 0.3) is 0 Å². The molecule has 0 amide bonds. The molecule has 1 aliphatic rings. The van der Waals surface area contributed by atoms with Crippen molar-refractivity contribution < 1.29 is 5.11 Å². The predicted molar refractivity (Wildman–Crippen MR) is 67.8 cm³/mol. The number of nitrogens with one attached hydrogen (secondary N) is 1. The van der Waals surface area contributed by atoms with E-state index in [1.54, 1.807) is 0 Å². The number of hydrogen-bond donors (Lipinski definition) is 2. The molecule has 2 rings (SSSR count). The number of benzene rings is 1. The van der Waals surface area contributed by atoms with Gasteiger partial charge in [0.2, 0.25) is 0 Å². The maximum absolute atomic E-state index is 9.82. The van der Waals surface area contributed by atoms with Gasteiger partial charge in [0.1, 0.15) is 0 Å². The van der Waals surface area contributed by atoms with Crippen LogP contribution in [0.2, 0.25) is 0 Å². The quantitative estimate of drug-likeness (QED) is 0.818. The van der Waals surface area contributed by atoms with Crippen molar-refractivity contribution in [2.75, 3.05) is 5.32 Å². The largest absolute Gasteiger partial charge is 0.391 e. The third-order valence-corrected chi connectivity index (χ3v) is 3.40. The summed E-state index contributed by atoms with van der Waals surface area (Å²) in [6.45, 7) is 4.40. The molecule has 0 aliphatic heterocycles. The lowest BCUT2D eigenvalue weighted by Gasteiger charge is -2.21. The monoisotopic (exact) mass is 219 g/mol. The summed E-state index contributed by atoms with van der Waals surface area (Å²) in [7, 11) is 0. The van der Waals surface area contributed by atoms with Gasteiger partial charge in [0, 0.05) is 5.69 Å². The molecule has 1 aromatic rings. The molecule has 2 N–H and O–H groups in total. The number of aliphatic hydroxyl groups excluding tert-OH is 1. The summed E-state index contributed by atoms with van der Waals surface area (Å²) in [5, 5.41) is 13.3. The molecule has 1 aromatic carbocycles. The van der Waals surface area contributed by atoms with Gasteiger partial charge in [0.05, 0.1) is 12.1 Å². The third-order valence-electron chi connectivity index (χ3n) is 3.40. The second-order valence-corrected chi connectivity index (χ2v) is 4.99. The lowest BCUT2D eigenvalue weighted by Crippen LogP contribution is -2.28. The molecule has 2 nitrogen and oxygen atoms in total. The number of anilines is 1. The van der Waals surface area contributed by atoms with Crippen molar-refractivity contribution in [3.8, 4) is 0 Å². The van der Waals surface area contributed by atoms with Crippen LogP contribution in [-0.2, 0) is 0 Å². The molecule has 2 atom stereocenters. The van der Waals surface area contributed by atoms with Gasteiger partial charge in [-0.15, -0.1) is 0 Å². The van der Waals surface area contributed by atoms with E-state index in [1.807, 2.05) is 0 Å². The second-order valence-electron chi connectivity index (χ2n) is 4.99. The third kappa shape index (κ3) is 2.38. The molecule has 2 heteroatoms.